The molecule has 0 fully saturated rings. The number of nitrogens with zero attached hydrogens (tertiary/aromatic N) is 2. The number of halogens is 2. The van der Waals surface area contributed by atoms with Crippen molar-refractivity contribution in [3.05, 3.63) is 48.1 Å². The highest BCUT2D eigenvalue weighted by molar-refractivity contribution is 7.92. The van der Waals surface area contributed by atoms with Crippen molar-refractivity contribution in [3.8, 4) is 0 Å². The van der Waals surface area contributed by atoms with Crippen LogP contribution < -0.4 is 10.0 Å². The van der Waals surface area contributed by atoms with Crippen molar-refractivity contribution in [2.45, 2.75) is 11.4 Å². The fourth-order valence-corrected chi connectivity index (χ4v) is 2.82. The zero-order valence-electron chi connectivity index (χ0n) is 11.0. The second kappa shape index (κ2) is 6.10. The van der Waals surface area contributed by atoms with Crippen LogP contribution in [0.25, 0.3) is 0 Å². The summed E-state index contributed by atoms with van der Waals surface area (Å²) in [7, 11) is -2.70. The van der Waals surface area contributed by atoms with Gasteiger partial charge in [0.2, 0.25) is 0 Å². The van der Waals surface area contributed by atoms with E-state index in [1.54, 1.807) is 0 Å². The van der Waals surface area contributed by atoms with Gasteiger partial charge in [0.15, 0.2) is 5.82 Å². The van der Waals surface area contributed by atoms with Crippen LogP contribution in [0.1, 0.15) is 5.56 Å². The number of anilines is 1. The molecule has 0 aliphatic carbocycles. The van der Waals surface area contributed by atoms with Gasteiger partial charge in [0.25, 0.3) is 10.0 Å². The van der Waals surface area contributed by atoms with E-state index in [1.807, 2.05) is 0 Å². The number of sulfonamides is 1. The highest BCUT2D eigenvalue weighted by Gasteiger charge is 2.23. The number of hydrogen-bond donors (Lipinski definition) is 2. The second-order valence-electron chi connectivity index (χ2n) is 4.10. The van der Waals surface area contributed by atoms with Gasteiger partial charge in [0, 0.05) is 12.1 Å². The zero-order valence-corrected chi connectivity index (χ0v) is 11.8. The van der Waals surface area contributed by atoms with Gasteiger partial charge in [-0.1, -0.05) is 0 Å². The molecule has 21 heavy (non-hydrogen) atoms. The van der Waals surface area contributed by atoms with Crippen LogP contribution in [0.2, 0.25) is 0 Å². The monoisotopic (exact) mass is 314 g/mol. The lowest BCUT2D eigenvalue weighted by molar-refractivity contribution is 0.522. The molecule has 0 spiro atoms. The first kappa shape index (κ1) is 15.3. The molecule has 0 unspecified atom stereocenters. The average molecular weight is 314 g/mol. The quantitative estimate of drug-likeness (QED) is 0.868. The van der Waals surface area contributed by atoms with Crippen molar-refractivity contribution < 1.29 is 17.2 Å². The number of benzene rings is 1. The smallest absolute Gasteiger partial charge is 0.264 e. The first-order valence-corrected chi connectivity index (χ1v) is 7.33. The van der Waals surface area contributed by atoms with E-state index >= 15 is 0 Å². The number of aromatic nitrogens is 2. The Kier molecular flexibility index (Phi) is 4.43. The van der Waals surface area contributed by atoms with Crippen LogP contribution >= 0.6 is 0 Å². The summed E-state index contributed by atoms with van der Waals surface area (Å²) in [6.45, 7) is -0.129. The van der Waals surface area contributed by atoms with Gasteiger partial charge in [-0.05, 0) is 19.2 Å². The molecule has 2 aromatic rings. The van der Waals surface area contributed by atoms with Crippen LogP contribution in [-0.4, -0.2) is 25.4 Å². The summed E-state index contributed by atoms with van der Waals surface area (Å²) in [5.41, 5.74) is -0.263. The van der Waals surface area contributed by atoms with Crippen LogP contribution in [0.15, 0.2) is 35.7 Å². The van der Waals surface area contributed by atoms with E-state index in [1.165, 1.54) is 25.8 Å². The minimum absolute atomic E-state index is 0.0800. The lowest BCUT2D eigenvalue weighted by atomic mass is 10.2. The van der Waals surface area contributed by atoms with Crippen LogP contribution in [0.3, 0.4) is 0 Å². The summed E-state index contributed by atoms with van der Waals surface area (Å²) in [5.74, 6) is -1.95. The molecule has 0 aliphatic heterocycles. The Morgan fingerprint density at radius 2 is 1.86 bits per heavy atom. The summed E-state index contributed by atoms with van der Waals surface area (Å²) in [6, 6.07) is 1.78. The third kappa shape index (κ3) is 3.31. The Hall–Kier alpha value is -2.13. The minimum Gasteiger partial charge on any atom is -0.315 e. The van der Waals surface area contributed by atoms with Gasteiger partial charge in [-0.3, -0.25) is 4.72 Å². The van der Waals surface area contributed by atoms with E-state index in [4.69, 9.17) is 0 Å². The Morgan fingerprint density at radius 1 is 1.19 bits per heavy atom. The summed E-state index contributed by atoms with van der Waals surface area (Å²) >= 11 is 0. The predicted molar refractivity (Wildman–Crippen MR) is 72.0 cm³/mol. The van der Waals surface area contributed by atoms with Crippen molar-refractivity contribution in [2.75, 3.05) is 11.8 Å². The maximum atomic E-state index is 14.2. The van der Waals surface area contributed by atoms with Gasteiger partial charge in [-0.2, -0.15) is 0 Å². The average Bonchev–Trinajstić information content (AvgIpc) is 2.43. The van der Waals surface area contributed by atoms with Gasteiger partial charge in [-0.25, -0.2) is 27.2 Å². The predicted octanol–water partition coefficient (Wildman–Crippen LogP) is 1.27. The van der Waals surface area contributed by atoms with Crippen molar-refractivity contribution in [1.82, 2.24) is 15.3 Å². The van der Waals surface area contributed by atoms with Crippen LogP contribution in [0, 0.1) is 11.6 Å². The van der Waals surface area contributed by atoms with Gasteiger partial charge in [-0.15, -0.1) is 0 Å². The van der Waals surface area contributed by atoms with E-state index in [0.29, 0.717) is 0 Å². The maximum Gasteiger partial charge on any atom is 0.264 e. The highest BCUT2D eigenvalue weighted by atomic mass is 32.2. The first-order valence-electron chi connectivity index (χ1n) is 5.85. The maximum absolute atomic E-state index is 14.2. The molecular formula is C12H12F2N4O2S. The first-order chi connectivity index (χ1) is 9.95. The molecule has 112 valence electrons. The summed E-state index contributed by atoms with van der Waals surface area (Å²) in [5, 5.41) is 2.58. The van der Waals surface area contributed by atoms with Gasteiger partial charge < -0.3 is 5.32 Å². The molecule has 9 heteroatoms. The molecule has 0 aliphatic rings. The van der Waals surface area contributed by atoms with Crippen LogP contribution in [-0.2, 0) is 16.6 Å². The largest absolute Gasteiger partial charge is 0.315 e. The number of rotatable bonds is 5. The Morgan fingerprint density at radius 3 is 2.48 bits per heavy atom. The lowest BCUT2D eigenvalue weighted by Gasteiger charge is -2.11. The second-order valence-corrected chi connectivity index (χ2v) is 5.75. The molecule has 1 aromatic carbocycles. The van der Waals surface area contributed by atoms with E-state index < -0.39 is 26.6 Å². The normalized spacial score (nSPS) is 11.4. The Labute approximate surface area is 120 Å². The standard InChI is InChI=1S/C12H12F2N4O2S/c1-15-6-9-10(13)2-3-11(12(9)14)21(19,20)18-8-4-16-7-17-5-8/h2-5,7,15,18H,6H2,1H3. The van der Waals surface area contributed by atoms with Gasteiger partial charge >= 0.3 is 0 Å². The number of nitrogens with one attached hydrogen (secondary N) is 2. The van der Waals surface area contributed by atoms with Crippen LogP contribution in [0.4, 0.5) is 14.5 Å². The fourth-order valence-electron chi connectivity index (χ4n) is 1.68. The fraction of sp³-hybridized carbons (Fsp3) is 0.167. The number of hydrogen-bond acceptors (Lipinski definition) is 5. The summed E-state index contributed by atoms with van der Waals surface area (Å²) in [4.78, 5) is 6.65. The molecule has 6 nitrogen and oxygen atoms in total. The summed E-state index contributed by atoms with van der Waals surface area (Å²) < 4.78 is 54.1. The SMILES string of the molecule is CNCc1c(F)ccc(S(=O)(=O)Nc2cncnc2)c1F. The molecule has 1 heterocycles. The van der Waals surface area contributed by atoms with Gasteiger partial charge in [0.1, 0.15) is 17.0 Å². The third-order valence-corrected chi connectivity index (χ3v) is 4.01. The molecular weight excluding hydrogens is 302 g/mol. The van der Waals surface area contributed by atoms with Crippen molar-refractivity contribution in [2.24, 2.45) is 0 Å². The molecule has 0 bridgehead atoms. The van der Waals surface area contributed by atoms with Crippen molar-refractivity contribution in [1.29, 1.82) is 0 Å². The molecule has 0 atom stereocenters. The van der Waals surface area contributed by atoms with Gasteiger partial charge in [0.05, 0.1) is 18.1 Å². The lowest BCUT2D eigenvalue weighted by Crippen LogP contribution is -2.18. The van der Waals surface area contributed by atoms with E-state index in [9.17, 15) is 17.2 Å². The van der Waals surface area contributed by atoms with E-state index in [-0.39, 0.29) is 17.8 Å². The topological polar surface area (TPSA) is 84.0 Å². The van der Waals surface area contributed by atoms with Crippen molar-refractivity contribution >= 4 is 15.7 Å². The van der Waals surface area contributed by atoms with E-state index in [2.05, 4.69) is 20.0 Å². The highest BCUT2D eigenvalue weighted by Crippen LogP contribution is 2.22. The molecule has 0 radical (unpaired) electrons. The van der Waals surface area contributed by atoms with Crippen molar-refractivity contribution in [3.63, 3.8) is 0 Å². The molecule has 0 amide bonds. The summed E-state index contributed by atoms with van der Waals surface area (Å²) in [6.07, 6.45) is 3.67. The Balaban J connectivity index is 2.43. The molecule has 2 rings (SSSR count). The zero-order chi connectivity index (χ0) is 15.5. The third-order valence-electron chi connectivity index (χ3n) is 2.61. The van der Waals surface area contributed by atoms with E-state index in [0.717, 1.165) is 12.1 Å². The molecule has 0 saturated heterocycles. The Bertz CT molecular complexity index is 738. The molecule has 0 saturated carbocycles. The molecule has 2 N–H and O–H groups in total. The van der Waals surface area contributed by atoms with Crippen LogP contribution in [0.5, 0.6) is 0 Å². The molecule has 1 aromatic heterocycles. The minimum atomic E-state index is -4.20.